The highest BCUT2D eigenvalue weighted by Crippen LogP contribution is 2.15. The van der Waals surface area contributed by atoms with Gasteiger partial charge in [-0.25, -0.2) is 9.79 Å². The molecular weight excluding hydrogens is 258 g/mol. The molecule has 2 heterocycles. The summed E-state index contributed by atoms with van der Waals surface area (Å²) in [4.78, 5) is 30.8. The number of aromatic nitrogens is 1. The molecular formula is C14H11N3O3. The predicted molar refractivity (Wildman–Crippen MR) is 73.2 cm³/mol. The molecule has 1 N–H and O–H groups in total. The van der Waals surface area contributed by atoms with Crippen LogP contribution in [0.4, 0.5) is 10.5 Å². The fraction of sp³-hybridized carbons (Fsp3) is 0.143. The molecule has 20 heavy (non-hydrogen) atoms. The lowest BCUT2D eigenvalue weighted by atomic mass is 10.1. The third-order valence-electron chi connectivity index (χ3n) is 2.50. The first kappa shape index (κ1) is 13.5. The first-order chi connectivity index (χ1) is 9.60. The second kappa shape index (κ2) is 5.80. The highest BCUT2D eigenvalue weighted by atomic mass is 16.6. The Labute approximate surface area is 115 Å². The van der Waals surface area contributed by atoms with Gasteiger partial charge in [0.25, 0.3) is 5.78 Å². The van der Waals surface area contributed by atoms with Crippen molar-refractivity contribution in [3.8, 4) is 12.3 Å². The molecule has 1 aliphatic heterocycles. The van der Waals surface area contributed by atoms with Gasteiger partial charge in [0.1, 0.15) is 5.71 Å². The molecule has 6 heteroatoms. The molecule has 1 atom stereocenters. The zero-order chi connectivity index (χ0) is 14.5. The van der Waals surface area contributed by atoms with Crippen molar-refractivity contribution in [2.45, 2.75) is 13.2 Å². The maximum Gasteiger partial charge on any atom is 0.413 e. The minimum atomic E-state index is -0.848. The standard InChI is InChI=1S/C14H11N3O3/c1-3-11(18)13-9(2)7-12(17-13)20-14(19)16-10-5-4-6-15-8-10/h1,4-8,12H,2H3,(H,16,19). The molecule has 1 aliphatic rings. The summed E-state index contributed by atoms with van der Waals surface area (Å²) < 4.78 is 5.05. The van der Waals surface area contributed by atoms with Gasteiger partial charge in [0.05, 0.1) is 11.9 Å². The average molecular weight is 269 g/mol. The molecule has 0 radical (unpaired) electrons. The topological polar surface area (TPSA) is 80.6 Å². The lowest BCUT2D eigenvalue weighted by molar-refractivity contribution is -0.108. The highest BCUT2D eigenvalue weighted by Gasteiger charge is 2.23. The summed E-state index contributed by atoms with van der Waals surface area (Å²) in [6.45, 7) is 1.68. The molecule has 0 saturated carbocycles. The lowest BCUT2D eigenvalue weighted by Gasteiger charge is -2.08. The van der Waals surface area contributed by atoms with Crippen molar-refractivity contribution < 1.29 is 14.3 Å². The highest BCUT2D eigenvalue weighted by molar-refractivity contribution is 6.51. The summed E-state index contributed by atoms with van der Waals surface area (Å²) in [7, 11) is 0. The number of terminal acetylenes is 1. The van der Waals surface area contributed by atoms with E-state index in [4.69, 9.17) is 11.2 Å². The van der Waals surface area contributed by atoms with Gasteiger partial charge in [-0.05, 0) is 36.6 Å². The Kier molecular flexibility index (Phi) is 3.91. The number of hydrogen-bond donors (Lipinski definition) is 1. The van der Waals surface area contributed by atoms with Crippen molar-refractivity contribution in [3.63, 3.8) is 0 Å². The van der Waals surface area contributed by atoms with Crippen LogP contribution in [-0.2, 0) is 9.53 Å². The van der Waals surface area contributed by atoms with E-state index in [1.807, 2.05) is 5.92 Å². The Hall–Kier alpha value is -2.94. The Morgan fingerprint density at radius 2 is 2.30 bits per heavy atom. The van der Waals surface area contributed by atoms with Crippen LogP contribution < -0.4 is 5.32 Å². The van der Waals surface area contributed by atoms with Gasteiger partial charge in [-0.15, -0.1) is 6.42 Å². The maximum absolute atomic E-state index is 11.6. The minimum Gasteiger partial charge on any atom is -0.420 e. The van der Waals surface area contributed by atoms with E-state index in [0.717, 1.165) is 0 Å². The summed E-state index contributed by atoms with van der Waals surface area (Å²) in [5.41, 5.74) is 1.24. The molecule has 1 unspecified atom stereocenters. The number of carbonyl (C=O) groups excluding carboxylic acids is 2. The predicted octanol–water partition coefficient (Wildman–Crippen LogP) is 1.56. The van der Waals surface area contributed by atoms with Crippen LogP contribution in [-0.4, -0.2) is 28.8 Å². The van der Waals surface area contributed by atoms with Crippen LogP contribution in [0.15, 0.2) is 41.2 Å². The number of amides is 1. The fourth-order valence-corrected chi connectivity index (χ4v) is 1.62. The third kappa shape index (κ3) is 3.09. The molecule has 0 spiro atoms. The first-order valence-electron chi connectivity index (χ1n) is 5.75. The second-order valence-corrected chi connectivity index (χ2v) is 3.96. The monoisotopic (exact) mass is 269 g/mol. The van der Waals surface area contributed by atoms with Crippen molar-refractivity contribution in [2.75, 3.05) is 5.32 Å². The number of hydrogen-bond acceptors (Lipinski definition) is 5. The number of allylic oxidation sites excluding steroid dienone is 1. The van der Waals surface area contributed by atoms with Crippen molar-refractivity contribution in [2.24, 2.45) is 4.99 Å². The molecule has 1 amide bonds. The van der Waals surface area contributed by atoms with Gasteiger partial charge < -0.3 is 4.74 Å². The quantitative estimate of drug-likeness (QED) is 0.667. The van der Waals surface area contributed by atoms with E-state index in [1.165, 1.54) is 6.20 Å². The molecule has 0 bridgehead atoms. The summed E-state index contributed by atoms with van der Waals surface area (Å²) >= 11 is 0. The SMILES string of the molecule is C#CC(=O)C1=NC(OC(=O)Nc2cccnc2)C=C1C. The normalized spacial score (nSPS) is 16.7. The van der Waals surface area contributed by atoms with Crippen LogP contribution in [0, 0.1) is 12.3 Å². The van der Waals surface area contributed by atoms with E-state index < -0.39 is 18.1 Å². The van der Waals surface area contributed by atoms with Crippen molar-refractivity contribution in [1.29, 1.82) is 0 Å². The van der Waals surface area contributed by atoms with E-state index >= 15 is 0 Å². The second-order valence-electron chi connectivity index (χ2n) is 3.96. The van der Waals surface area contributed by atoms with Crippen LogP contribution in [0.1, 0.15) is 6.92 Å². The number of ether oxygens (including phenoxy) is 1. The molecule has 0 saturated heterocycles. The van der Waals surface area contributed by atoms with Gasteiger partial charge in [-0.1, -0.05) is 0 Å². The number of Topliss-reactive ketones (excluding diaryl/α,β-unsaturated/α-hetero) is 1. The van der Waals surface area contributed by atoms with Gasteiger partial charge >= 0.3 is 6.09 Å². The zero-order valence-electron chi connectivity index (χ0n) is 10.7. The summed E-state index contributed by atoms with van der Waals surface area (Å²) in [6.07, 6.45) is 8.10. The van der Waals surface area contributed by atoms with Gasteiger partial charge in [0.2, 0.25) is 6.23 Å². The number of rotatable bonds is 3. The van der Waals surface area contributed by atoms with Crippen LogP contribution in [0.25, 0.3) is 0 Å². The minimum absolute atomic E-state index is 0.145. The van der Waals surface area contributed by atoms with E-state index in [2.05, 4.69) is 15.3 Å². The van der Waals surface area contributed by atoms with Crippen molar-refractivity contribution in [3.05, 3.63) is 36.2 Å². The third-order valence-corrected chi connectivity index (χ3v) is 2.50. The van der Waals surface area contributed by atoms with E-state index in [0.29, 0.717) is 11.3 Å². The first-order valence-corrected chi connectivity index (χ1v) is 5.75. The van der Waals surface area contributed by atoms with Crippen molar-refractivity contribution in [1.82, 2.24) is 4.98 Å². The molecule has 0 fully saturated rings. The Morgan fingerprint density at radius 1 is 1.50 bits per heavy atom. The molecule has 1 aromatic heterocycles. The van der Waals surface area contributed by atoms with Crippen LogP contribution >= 0.6 is 0 Å². The molecule has 2 rings (SSSR count). The van der Waals surface area contributed by atoms with Crippen LogP contribution in [0.5, 0.6) is 0 Å². The van der Waals surface area contributed by atoms with Gasteiger partial charge in [0.15, 0.2) is 0 Å². The Bertz CT molecular complexity index is 641. The van der Waals surface area contributed by atoms with Gasteiger partial charge in [-0.3, -0.25) is 15.1 Å². The number of anilines is 1. The van der Waals surface area contributed by atoms with Crippen LogP contribution in [0.2, 0.25) is 0 Å². The number of carbonyl (C=O) groups is 2. The van der Waals surface area contributed by atoms with E-state index in [1.54, 1.807) is 31.3 Å². The van der Waals surface area contributed by atoms with E-state index in [9.17, 15) is 9.59 Å². The largest absolute Gasteiger partial charge is 0.420 e. The molecule has 100 valence electrons. The molecule has 0 aromatic carbocycles. The molecule has 6 nitrogen and oxygen atoms in total. The van der Waals surface area contributed by atoms with Gasteiger partial charge in [-0.2, -0.15) is 0 Å². The Morgan fingerprint density at radius 3 is 2.95 bits per heavy atom. The number of ketones is 1. The molecule has 1 aromatic rings. The summed E-state index contributed by atoms with van der Waals surface area (Å²) in [5.74, 6) is 1.45. The summed E-state index contributed by atoms with van der Waals surface area (Å²) in [5, 5.41) is 2.49. The van der Waals surface area contributed by atoms with E-state index in [-0.39, 0.29) is 5.71 Å². The maximum atomic E-state index is 11.6. The Balaban J connectivity index is 1.99. The number of nitrogens with one attached hydrogen (secondary N) is 1. The lowest BCUT2D eigenvalue weighted by Crippen LogP contribution is -2.19. The van der Waals surface area contributed by atoms with Crippen molar-refractivity contribution >= 4 is 23.3 Å². The average Bonchev–Trinajstić information content (AvgIpc) is 2.79. The number of aliphatic imine (C=N–C) groups is 1. The number of pyridine rings is 1. The zero-order valence-corrected chi connectivity index (χ0v) is 10.7. The molecule has 0 aliphatic carbocycles. The fourth-order valence-electron chi connectivity index (χ4n) is 1.62. The smallest absolute Gasteiger partial charge is 0.413 e. The van der Waals surface area contributed by atoms with Gasteiger partial charge in [0, 0.05) is 6.20 Å². The number of nitrogens with zero attached hydrogens (tertiary/aromatic N) is 2. The van der Waals surface area contributed by atoms with Crippen LogP contribution in [0.3, 0.4) is 0 Å². The summed E-state index contributed by atoms with van der Waals surface area (Å²) in [6, 6.07) is 3.34.